The summed E-state index contributed by atoms with van der Waals surface area (Å²) in [6, 6.07) is 10.7. The van der Waals surface area contributed by atoms with E-state index < -0.39 is 0 Å². The largest absolute Gasteiger partial charge is 0.459 e. The molecule has 1 amide bonds. The van der Waals surface area contributed by atoms with Gasteiger partial charge in [-0.2, -0.15) is 0 Å². The highest BCUT2D eigenvalue weighted by atomic mass is 16.5. The zero-order valence-electron chi connectivity index (χ0n) is 16.9. The Morgan fingerprint density at radius 2 is 1.86 bits per heavy atom. The summed E-state index contributed by atoms with van der Waals surface area (Å²) in [5, 5.41) is 0. The maximum atomic E-state index is 12.5. The normalized spacial score (nSPS) is 34.6. The number of carbonyl (C=O) groups excluding carboxylic acids is 2. The van der Waals surface area contributed by atoms with Crippen molar-refractivity contribution < 1.29 is 14.3 Å². The summed E-state index contributed by atoms with van der Waals surface area (Å²) < 4.78 is 5.79. The van der Waals surface area contributed by atoms with Gasteiger partial charge in [0.1, 0.15) is 6.10 Å². The summed E-state index contributed by atoms with van der Waals surface area (Å²) in [7, 11) is 0. The molecule has 4 aliphatic rings. The predicted molar refractivity (Wildman–Crippen MR) is 111 cm³/mol. The Balaban J connectivity index is 1.21. The second kappa shape index (κ2) is 7.94. The minimum Gasteiger partial charge on any atom is -0.459 e. The van der Waals surface area contributed by atoms with Crippen LogP contribution in [0.2, 0.25) is 0 Å². The minimum atomic E-state index is -0.254. The molecule has 4 heterocycles. The molecule has 0 radical (unpaired) electrons. The van der Waals surface area contributed by atoms with Crippen molar-refractivity contribution >= 4 is 18.0 Å². The Morgan fingerprint density at radius 1 is 1.03 bits per heavy atom. The second-order valence-electron chi connectivity index (χ2n) is 9.15. The Kier molecular flexibility index (Phi) is 5.17. The zero-order chi connectivity index (χ0) is 19.8. The number of esters is 1. The number of rotatable bonds is 3. The lowest BCUT2D eigenvalue weighted by molar-refractivity contribution is -0.155. The van der Waals surface area contributed by atoms with Crippen molar-refractivity contribution in [2.45, 2.75) is 56.7 Å². The van der Waals surface area contributed by atoms with Crippen LogP contribution in [0.5, 0.6) is 0 Å². The third-order valence-corrected chi connectivity index (χ3v) is 7.41. The zero-order valence-corrected chi connectivity index (χ0v) is 16.9. The first-order valence-electron chi connectivity index (χ1n) is 11.1. The van der Waals surface area contributed by atoms with Crippen LogP contribution in [-0.2, 0) is 14.3 Å². The first-order valence-corrected chi connectivity index (χ1v) is 11.1. The molecule has 5 atom stereocenters. The van der Waals surface area contributed by atoms with Crippen molar-refractivity contribution in [3.05, 3.63) is 42.0 Å². The van der Waals surface area contributed by atoms with Crippen LogP contribution in [0.25, 0.3) is 6.08 Å². The van der Waals surface area contributed by atoms with Crippen LogP contribution in [0.1, 0.15) is 44.1 Å². The van der Waals surface area contributed by atoms with Crippen LogP contribution in [0.4, 0.5) is 0 Å². The van der Waals surface area contributed by atoms with Crippen molar-refractivity contribution in [3.63, 3.8) is 0 Å². The number of ether oxygens (including phenoxy) is 1. The van der Waals surface area contributed by atoms with E-state index in [1.807, 2.05) is 36.4 Å². The lowest BCUT2D eigenvalue weighted by Crippen LogP contribution is -2.65. The van der Waals surface area contributed by atoms with E-state index in [4.69, 9.17) is 4.74 Å². The van der Waals surface area contributed by atoms with Gasteiger partial charge in [0.05, 0.1) is 0 Å². The van der Waals surface area contributed by atoms with Gasteiger partial charge in [-0.15, -0.1) is 0 Å². The van der Waals surface area contributed by atoms with E-state index in [1.54, 1.807) is 0 Å². The Morgan fingerprint density at radius 3 is 2.72 bits per heavy atom. The number of carbonyl (C=O) groups is 2. The van der Waals surface area contributed by atoms with Gasteiger partial charge in [-0.1, -0.05) is 30.3 Å². The van der Waals surface area contributed by atoms with Crippen LogP contribution < -0.4 is 0 Å². The molecular weight excluding hydrogens is 364 g/mol. The molecule has 0 N–H and O–H groups in total. The summed E-state index contributed by atoms with van der Waals surface area (Å²) in [5.41, 5.74) is 1.00. The van der Waals surface area contributed by atoms with Gasteiger partial charge < -0.3 is 9.64 Å². The second-order valence-corrected chi connectivity index (χ2v) is 9.15. The van der Waals surface area contributed by atoms with E-state index in [0.717, 1.165) is 50.9 Å². The van der Waals surface area contributed by atoms with Crippen molar-refractivity contribution in [1.82, 2.24) is 9.80 Å². The third kappa shape index (κ3) is 3.85. The standard InChI is InChI=1S/C24H30N2O3/c27-23-8-4-7-21-18-13-19(16-26(21)23)22-14-20(11-12-25(22)15-18)29-24(28)10-9-17-5-2-1-3-6-17/h1-3,5-6,9-10,18-22H,4,7-8,11-16H2/b10-9-/t18?,19?,20-,21?,22?/m1/s1. The molecule has 0 saturated carbocycles. The van der Waals surface area contributed by atoms with Crippen molar-refractivity contribution in [2.24, 2.45) is 11.8 Å². The number of nitrogens with zero attached hydrogens (tertiary/aromatic N) is 2. The summed E-state index contributed by atoms with van der Waals surface area (Å²) in [5.74, 6) is 1.25. The molecule has 154 valence electrons. The number of hydrogen-bond acceptors (Lipinski definition) is 4. The fourth-order valence-electron chi connectivity index (χ4n) is 6.09. The number of piperidine rings is 4. The molecule has 29 heavy (non-hydrogen) atoms. The Labute approximate surface area is 172 Å². The molecule has 4 unspecified atom stereocenters. The molecule has 4 fully saturated rings. The molecule has 4 aliphatic heterocycles. The van der Waals surface area contributed by atoms with Crippen LogP contribution in [0, 0.1) is 11.8 Å². The molecule has 0 aromatic heterocycles. The number of benzene rings is 1. The van der Waals surface area contributed by atoms with E-state index in [0.29, 0.717) is 29.8 Å². The molecule has 5 rings (SSSR count). The van der Waals surface area contributed by atoms with Gasteiger partial charge in [-0.05, 0) is 49.2 Å². The molecule has 5 nitrogen and oxygen atoms in total. The maximum Gasteiger partial charge on any atom is 0.331 e. The molecular formula is C24H30N2O3. The SMILES string of the molecule is O=C(/C=C\c1ccccc1)O[C@@H]1CCN2CC3CC(CN4C(=O)CCCC34)C2C1. The van der Waals surface area contributed by atoms with Gasteiger partial charge in [-0.3, -0.25) is 9.69 Å². The van der Waals surface area contributed by atoms with E-state index in [-0.39, 0.29) is 12.1 Å². The average molecular weight is 395 g/mol. The molecule has 2 bridgehead atoms. The molecule has 1 aromatic carbocycles. The topological polar surface area (TPSA) is 49.9 Å². The lowest BCUT2D eigenvalue weighted by atomic mass is 9.70. The lowest BCUT2D eigenvalue weighted by Gasteiger charge is -2.57. The Bertz CT molecular complexity index is 793. The van der Waals surface area contributed by atoms with Crippen molar-refractivity contribution in [3.8, 4) is 0 Å². The fraction of sp³-hybridized carbons (Fsp3) is 0.583. The van der Waals surface area contributed by atoms with Crippen LogP contribution in [0.15, 0.2) is 36.4 Å². The van der Waals surface area contributed by atoms with Gasteiger partial charge in [0.2, 0.25) is 5.91 Å². The highest BCUT2D eigenvalue weighted by Gasteiger charge is 2.49. The summed E-state index contributed by atoms with van der Waals surface area (Å²) in [4.78, 5) is 29.6. The van der Waals surface area contributed by atoms with E-state index in [1.165, 1.54) is 18.9 Å². The first-order chi connectivity index (χ1) is 14.2. The molecule has 4 saturated heterocycles. The maximum absolute atomic E-state index is 12.5. The van der Waals surface area contributed by atoms with Crippen LogP contribution >= 0.6 is 0 Å². The van der Waals surface area contributed by atoms with Gasteiger partial charge in [0.15, 0.2) is 0 Å². The summed E-state index contributed by atoms with van der Waals surface area (Å²) in [6.07, 6.45) is 9.32. The van der Waals surface area contributed by atoms with E-state index in [2.05, 4.69) is 9.80 Å². The monoisotopic (exact) mass is 394 g/mol. The fourth-order valence-corrected chi connectivity index (χ4v) is 6.09. The van der Waals surface area contributed by atoms with Crippen LogP contribution in [-0.4, -0.2) is 59.5 Å². The molecule has 5 heteroatoms. The first kappa shape index (κ1) is 18.9. The van der Waals surface area contributed by atoms with E-state index in [9.17, 15) is 9.59 Å². The van der Waals surface area contributed by atoms with Gasteiger partial charge in [-0.25, -0.2) is 4.79 Å². The van der Waals surface area contributed by atoms with Crippen molar-refractivity contribution in [1.29, 1.82) is 0 Å². The number of hydrogen-bond donors (Lipinski definition) is 0. The van der Waals surface area contributed by atoms with Crippen molar-refractivity contribution in [2.75, 3.05) is 19.6 Å². The van der Waals surface area contributed by atoms with Gasteiger partial charge >= 0.3 is 5.97 Å². The highest BCUT2D eigenvalue weighted by molar-refractivity contribution is 5.87. The third-order valence-electron chi connectivity index (χ3n) is 7.41. The quantitative estimate of drug-likeness (QED) is 0.584. The minimum absolute atomic E-state index is 0.0181. The van der Waals surface area contributed by atoms with Gasteiger partial charge in [0.25, 0.3) is 0 Å². The summed E-state index contributed by atoms with van der Waals surface area (Å²) >= 11 is 0. The average Bonchev–Trinajstić information content (AvgIpc) is 2.74. The highest BCUT2D eigenvalue weighted by Crippen LogP contribution is 2.43. The molecule has 0 aliphatic carbocycles. The van der Waals surface area contributed by atoms with Gasteiger partial charge in [0, 0.05) is 50.6 Å². The molecule has 1 aromatic rings. The Hall–Kier alpha value is -2.14. The van der Waals surface area contributed by atoms with E-state index >= 15 is 0 Å². The predicted octanol–water partition coefficient (Wildman–Crippen LogP) is 3.11. The number of fused-ring (bicyclic) bond motifs is 6. The van der Waals surface area contributed by atoms with Crippen LogP contribution in [0.3, 0.4) is 0 Å². The summed E-state index contributed by atoms with van der Waals surface area (Å²) in [6.45, 7) is 3.00. The number of amides is 1. The molecule has 0 spiro atoms. The smallest absolute Gasteiger partial charge is 0.331 e.